The quantitative estimate of drug-likeness (QED) is 0.460. The third kappa shape index (κ3) is 3.53. The lowest BCUT2D eigenvalue weighted by molar-refractivity contribution is -0.133. The first-order valence-corrected chi connectivity index (χ1v) is 9.66. The fourth-order valence-electron chi connectivity index (χ4n) is 3.53. The van der Waals surface area contributed by atoms with Crippen LogP contribution in [0.5, 0.6) is 5.88 Å². The van der Waals surface area contributed by atoms with E-state index in [9.17, 15) is 4.79 Å². The Morgan fingerprint density at radius 2 is 1.67 bits per heavy atom. The predicted molar refractivity (Wildman–Crippen MR) is 115 cm³/mol. The number of pyridine rings is 2. The minimum absolute atomic E-state index is 0.271. The van der Waals surface area contributed by atoms with Crippen LogP contribution in [-0.4, -0.2) is 22.5 Å². The molecule has 2 aromatic carbocycles. The Hall–Kier alpha value is -3.99. The molecule has 3 heterocycles. The number of rotatable bonds is 5. The van der Waals surface area contributed by atoms with Crippen molar-refractivity contribution < 1.29 is 14.3 Å². The zero-order chi connectivity index (χ0) is 20.3. The summed E-state index contributed by atoms with van der Waals surface area (Å²) in [5, 5.41) is 1.08. The van der Waals surface area contributed by atoms with Crippen molar-refractivity contribution in [3.63, 3.8) is 0 Å². The highest BCUT2D eigenvalue weighted by atomic mass is 16.5. The summed E-state index contributed by atoms with van der Waals surface area (Å²) in [6, 6.07) is 23.4. The molecule has 146 valence electrons. The highest BCUT2D eigenvalue weighted by Crippen LogP contribution is 2.32. The summed E-state index contributed by atoms with van der Waals surface area (Å²) in [5.41, 5.74) is 5.19. The summed E-state index contributed by atoms with van der Waals surface area (Å²) in [6.45, 7) is 0.685. The molecule has 0 spiro atoms. The molecule has 1 aliphatic rings. The average molecular weight is 394 g/mol. The lowest BCUT2D eigenvalue weighted by Crippen LogP contribution is -1.98. The molecule has 0 unspecified atom stereocenters. The van der Waals surface area contributed by atoms with Gasteiger partial charge in [0.25, 0.3) is 0 Å². The molecule has 0 fully saturated rings. The van der Waals surface area contributed by atoms with Gasteiger partial charge < -0.3 is 9.47 Å². The summed E-state index contributed by atoms with van der Waals surface area (Å²) in [4.78, 5) is 20.8. The van der Waals surface area contributed by atoms with E-state index >= 15 is 0 Å². The Balaban J connectivity index is 1.35. The number of carbonyl (C=O) groups is 1. The SMILES string of the molecule is O=C1OCC(c2ccc(COc3ccc4ccccc4n3)cc2)=C1c1ccncc1. The van der Waals surface area contributed by atoms with Gasteiger partial charge in [-0.3, -0.25) is 4.98 Å². The van der Waals surface area contributed by atoms with Crippen LogP contribution in [0.2, 0.25) is 0 Å². The number of esters is 1. The predicted octanol–water partition coefficient (Wildman–Crippen LogP) is 4.68. The van der Waals surface area contributed by atoms with Gasteiger partial charge in [0.05, 0.1) is 11.1 Å². The van der Waals surface area contributed by atoms with E-state index in [0.29, 0.717) is 18.1 Å². The number of fused-ring (bicyclic) bond motifs is 1. The number of carbonyl (C=O) groups excluding carboxylic acids is 1. The third-order valence-electron chi connectivity index (χ3n) is 5.08. The monoisotopic (exact) mass is 394 g/mol. The van der Waals surface area contributed by atoms with E-state index in [4.69, 9.17) is 9.47 Å². The van der Waals surface area contributed by atoms with Crippen LogP contribution in [0.4, 0.5) is 0 Å². The van der Waals surface area contributed by atoms with Crippen molar-refractivity contribution in [1.29, 1.82) is 0 Å². The van der Waals surface area contributed by atoms with Gasteiger partial charge in [-0.2, -0.15) is 0 Å². The summed E-state index contributed by atoms with van der Waals surface area (Å²) >= 11 is 0. The van der Waals surface area contributed by atoms with Crippen LogP contribution in [0.25, 0.3) is 22.0 Å². The van der Waals surface area contributed by atoms with Gasteiger partial charge in [-0.1, -0.05) is 42.5 Å². The van der Waals surface area contributed by atoms with Crippen LogP contribution in [0.3, 0.4) is 0 Å². The van der Waals surface area contributed by atoms with Gasteiger partial charge in [0.15, 0.2) is 0 Å². The summed E-state index contributed by atoms with van der Waals surface area (Å²) in [7, 11) is 0. The molecule has 0 atom stereocenters. The van der Waals surface area contributed by atoms with Crippen molar-refractivity contribution in [2.45, 2.75) is 6.61 Å². The number of ether oxygens (including phenoxy) is 2. The van der Waals surface area contributed by atoms with Gasteiger partial charge >= 0.3 is 5.97 Å². The van der Waals surface area contributed by atoms with Crippen molar-refractivity contribution in [3.8, 4) is 5.88 Å². The second-order valence-electron chi connectivity index (χ2n) is 6.99. The highest BCUT2D eigenvalue weighted by Gasteiger charge is 2.27. The number of hydrogen-bond acceptors (Lipinski definition) is 5. The summed E-state index contributed by atoms with van der Waals surface area (Å²) in [5.74, 6) is 0.293. The number of hydrogen-bond donors (Lipinski definition) is 0. The molecule has 5 nitrogen and oxygen atoms in total. The van der Waals surface area contributed by atoms with E-state index in [-0.39, 0.29) is 12.6 Å². The Morgan fingerprint density at radius 1 is 0.867 bits per heavy atom. The maximum atomic E-state index is 12.3. The standard InChI is InChI=1S/C25H18N2O3/c28-25-24(20-11-13-26-14-12-20)21(16-30-25)18-7-5-17(6-8-18)15-29-23-10-9-19-3-1-2-4-22(19)27-23/h1-14H,15-16H2. The second kappa shape index (κ2) is 7.79. The Kier molecular flexibility index (Phi) is 4.69. The summed E-state index contributed by atoms with van der Waals surface area (Å²) in [6.07, 6.45) is 3.35. The first kappa shape index (κ1) is 18.1. The van der Waals surface area contributed by atoms with Gasteiger partial charge in [-0.05, 0) is 41.0 Å². The normalized spacial score (nSPS) is 13.5. The van der Waals surface area contributed by atoms with E-state index in [1.54, 1.807) is 12.4 Å². The number of para-hydroxylation sites is 1. The molecule has 1 aliphatic heterocycles. The van der Waals surface area contributed by atoms with Crippen molar-refractivity contribution >= 4 is 28.0 Å². The smallest absolute Gasteiger partial charge is 0.339 e. The van der Waals surface area contributed by atoms with Gasteiger partial charge in [0.2, 0.25) is 5.88 Å². The van der Waals surface area contributed by atoms with Crippen molar-refractivity contribution in [1.82, 2.24) is 9.97 Å². The van der Waals surface area contributed by atoms with Crippen LogP contribution in [-0.2, 0) is 16.1 Å². The molecule has 0 N–H and O–H groups in total. The number of benzene rings is 2. The second-order valence-corrected chi connectivity index (χ2v) is 6.99. The van der Waals surface area contributed by atoms with Crippen LogP contribution < -0.4 is 4.74 Å². The molecule has 0 radical (unpaired) electrons. The fourth-order valence-corrected chi connectivity index (χ4v) is 3.53. The third-order valence-corrected chi connectivity index (χ3v) is 5.08. The maximum Gasteiger partial charge on any atom is 0.339 e. The molecular formula is C25H18N2O3. The molecule has 0 amide bonds. The van der Waals surface area contributed by atoms with Crippen LogP contribution in [0, 0.1) is 0 Å². The number of nitrogens with zero attached hydrogens (tertiary/aromatic N) is 2. The minimum Gasteiger partial charge on any atom is -0.473 e. The maximum absolute atomic E-state index is 12.3. The molecule has 0 bridgehead atoms. The first-order chi connectivity index (χ1) is 14.8. The molecular weight excluding hydrogens is 376 g/mol. The number of cyclic esters (lactones) is 1. The molecule has 2 aromatic heterocycles. The Bertz CT molecular complexity index is 1250. The minimum atomic E-state index is -0.300. The molecule has 0 aliphatic carbocycles. The van der Waals surface area contributed by atoms with E-state index in [1.807, 2.05) is 72.8 Å². The topological polar surface area (TPSA) is 61.3 Å². The van der Waals surface area contributed by atoms with Crippen LogP contribution in [0.1, 0.15) is 16.7 Å². The van der Waals surface area contributed by atoms with E-state index in [1.165, 1.54) is 0 Å². The molecule has 30 heavy (non-hydrogen) atoms. The van der Waals surface area contributed by atoms with Crippen LogP contribution >= 0.6 is 0 Å². The first-order valence-electron chi connectivity index (χ1n) is 9.66. The van der Waals surface area contributed by atoms with Gasteiger partial charge in [-0.25, -0.2) is 9.78 Å². The average Bonchev–Trinajstić information content (AvgIpc) is 3.20. The number of aromatic nitrogens is 2. The molecule has 5 rings (SSSR count). The molecule has 4 aromatic rings. The molecule has 0 saturated carbocycles. The highest BCUT2D eigenvalue weighted by molar-refractivity contribution is 6.27. The van der Waals surface area contributed by atoms with Crippen LogP contribution in [0.15, 0.2) is 85.2 Å². The lowest BCUT2D eigenvalue weighted by atomic mass is 9.97. The zero-order valence-electron chi connectivity index (χ0n) is 16.1. The summed E-state index contributed by atoms with van der Waals surface area (Å²) < 4.78 is 11.2. The zero-order valence-corrected chi connectivity index (χ0v) is 16.1. The molecule has 5 heteroatoms. The van der Waals surface area contributed by atoms with Gasteiger partial charge in [0.1, 0.15) is 13.2 Å². The van der Waals surface area contributed by atoms with E-state index in [2.05, 4.69) is 9.97 Å². The largest absolute Gasteiger partial charge is 0.473 e. The fraction of sp³-hybridized carbons (Fsp3) is 0.0800. The Labute approximate surface area is 173 Å². The van der Waals surface area contributed by atoms with Crippen molar-refractivity contribution in [2.24, 2.45) is 0 Å². The van der Waals surface area contributed by atoms with Crippen molar-refractivity contribution in [2.75, 3.05) is 6.61 Å². The Morgan fingerprint density at radius 3 is 2.50 bits per heavy atom. The van der Waals surface area contributed by atoms with E-state index < -0.39 is 0 Å². The van der Waals surface area contributed by atoms with Crippen molar-refractivity contribution in [3.05, 3.63) is 102 Å². The molecule has 0 saturated heterocycles. The van der Waals surface area contributed by atoms with E-state index in [0.717, 1.165) is 33.2 Å². The lowest BCUT2D eigenvalue weighted by Gasteiger charge is -2.08. The van der Waals surface area contributed by atoms with Gasteiger partial charge in [0, 0.05) is 29.4 Å². The van der Waals surface area contributed by atoms with Gasteiger partial charge in [-0.15, -0.1) is 0 Å².